The molecule has 1 heterocycles. The fourth-order valence-electron chi connectivity index (χ4n) is 1.40. The molecular formula is C10H7Cl3N4O2S. The van der Waals surface area contributed by atoms with Crippen LogP contribution in [0.3, 0.4) is 0 Å². The van der Waals surface area contributed by atoms with E-state index in [1.54, 1.807) is 0 Å². The Bertz CT molecular complexity index is 727. The molecule has 0 aliphatic rings. The first kappa shape index (κ1) is 15.1. The summed E-state index contributed by atoms with van der Waals surface area (Å²) in [6.45, 7) is 0. The van der Waals surface area contributed by atoms with Crippen LogP contribution in [-0.4, -0.2) is 18.6 Å². The smallest absolute Gasteiger partial charge is 0.266 e. The molecule has 0 spiro atoms. The first-order valence-electron chi connectivity index (χ1n) is 5.06. The van der Waals surface area contributed by atoms with Gasteiger partial charge in [0.2, 0.25) is 0 Å². The molecule has 0 fully saturated rings. The molecule has 106 valence electrons. The number of nitrogen functional groups attached to an aromatic ring is 1. The normalized spacial score (nSPS) is 11.3. The second-order valence-corrected chi connectivity index (χ2v) is 6.48. The van der Waals surface area contributed by atoms with Gasteiger partial charge in [0, 0.05) is 5.69 Å². The summed E-state index contributed by atoms with van der Waals surface area (Å²) in [7, 11) is -4.02. The molecule has 0 unspecified atom stereocenters. The van der Waals surface area contributed by atoms with Crippen LogP contribution < -0.4 is 10.5 Å². The Morgan fingerprint density at radius 2 is 1.65 bits per heavy atom. The second-order valence-electron chi connectivity index (χ2n) is 3.66. The van der Waals surface area contributed by atoms with Crippen molar-refractivity contribution in [2.24, 2.45) is 0 Å². The van der Waals surface area contributed by atoms with Crippen LogP contribution in [0.15, 0.2) is 29.2 Å². The predicted molar refractivity (Wildman–Crippen MR) is 78.7 cm³/mol. The Labute approximate surface area is 129 Å². The third-order valence-corrected chi connectivity index (χ3v) is 4.64. The van der Waals surface area contributed by atoms with Gasteiger partial charge in [0.1, 0.15) is 4.90 Å². The van der Waals surface area contributed by atoms with E-state index in [1.807, 2.05) is 0 Å². The molecule has 3 N–H and O–H groups in total. The number of anilines is 2. The summed E-state index contributed by atoms with van der Waals surface area (Å²) < 4.78 is 26.6. The van der Waals surface area contributed by atoms with Gasteiger partial charge in [-0.1, -0.05) is 34.8 Å². The van der Waals surface area contributed by atoms with Crippen LogP contribution in [0.1, 0.15) is 0 Å². The predicted octanol–water partition coefficient (Wildman–Crippen LogP) is 2.82. The molecule has 2 rings (SSSR count). The quantitative estimate of drug-likeness (QED) is 0.827. The molecule has 10 heteroatoms. The first-order valence-corrected chi connectivity index (χ1v) is 7.68. The fraction of sp³-hybridized carbons (Fsp3) is 0. The number of sulfonamides is 1. The lowest BCUT2D eigenvalue weighted by molar-refractivity contribution is 0.601. The molecule has 0 aliphatic carbocycles. The molecule has 0 atom stereocenters. The van der Waals surface area contributed by atoms with Gasteiger partial charge in [-0.15, -0.1) is 10.2 Å². The number of aromatic nitrogens is 2. The van der Waals surface area contributed by atoms with Crippen LogP contribution in [0.5, 0.6) is 0 Å². The van der Waals surface area contributed by atoms with Crippen molar-refractivity contribution in [2.75, 3.05) is 10.5 Å². The van der Waals surface area contributed by atoms with Gasteiger partial charge in [-0.2, -0.15) is 0 Å². The van der Waals surface area contributed by atoms with Gasteiger partial charge in [0.05, 0.1) is 10.0 Å². The molecule has 1 aromatic carbocycles. The van der Waals surface area contributed by atoms with Crippen LogP contribution in [-0.2, 0) is 10.0 Å². The molecule has 20 heavy (non-hydrogen) atoms. The summed E-state index contributed by atoms with van der Waals surface area (Å²) >= 11 is 17.3. The lowest BCUT2D eigenvalue weighted by Gasteiger charge is -2.10. The van der Waals surface area contributed by atoms with Crippen LogP contribution in [0.25, 0.3) is 0 Å². The minimum atomic E-state index is -4.02. The third kappa shape index (κ3) is 3.24. The van der Waals surface area contributed by atoms with E-state index in [1.165, 1.54) is 24.3 Å². The van der Waals surface area contributed by atoms with Crippen molar-refractivity contribution in [1.29, 1.82) is 0 Å². The number of halogens is 3. The molecular weight excluding hydrogens is 347 g/mol. The summed E-state index contributed by atoms with van der Waals surface area (Å²) in [6, 6.07) is 5.32. The van der Waals surface area contributed by atoms with Crippen LogP contribution in [0, 0.1) is 0 Å². The van der Waals surface area contributed by atoms with E-state index in [0.29, 0.717) is 0 Å². The minimum Gasteiger partial charge on any atom is -0.399 e. The number of hydrogen-bond donors (Lipinski definition) is 2. The Kier molecular flexibility index (Phi) is 4.24. The highest BCUT2D eigenvalue weighted by Crippen LogP contribution is 2.32. The Morgan fingerprint density at radius 3 is 2.15 bits per heavy atom. The van der Waals surface area contributed by atoms with E-state index in [9.17, 15) is 8.42 Å². The van der Waals surface area contributed by atoms with Gasteiger partial charge in [0.25, 0.3) is 10.0 Å². The minimum absolute atomic E-state index is 0.0154. The van der Waals surface area contributed by atoms with Gasteiger partial charge < -0.3 is 5.73 Å². The largest absolute Gasteiger partial charge is 0.399 e. The van der Waals surface area contributed by atoms with Crippen molar-refractivity contribution in [1.82, 2.24) is 10.2 Å². The molecule has 0 bridgehead atoms. The third-order valence-electron chi connectivity index (χ3n) is 2.16. The lowest BCUT2D eigenvalue weighted by atomic mass is 10.3. The maximum Gasteiger partial charge on any atom is 0.266 e. The number of benzene rings is 1. The second kappa shape index (κ2) is 5.61. The van der Waals surface area contributed by atoms with Gasteiger partial charge in [0.15, 0.2) is 11.0 Å². The highest BCUT2D eigenvalue weighted by atomic mass is 35.5. The molecule has 0 saturated heterocycles. The first-order chi connectivity index (χ1) is 9.29. The molecule has 1 aromatic heterocycles. The average Bonchev–Trinajstić information content (AvgIpc) is 2.30. The molecule has 6 nitrogen and oxygen atoms in total. The van der Waals surface area contributed by atoms with E-state index in [2.05, 4.69) is 14.9 Å². The zero-order chi connectivity index (χ0) is 14.9. The van der Waals surface area contributed by atoms with Crippen molar-refractivity contribution in [3.8, 4) is 0 Å². The van der Waals surface area contributed by atoms with E-state index in [0.717, 1.165) is 0 Å². The monoisotopic (exact) mass is 352 g/mol. The highest BCUT2D eigenvalue weighted by Gasteiger charge is 2.23. The molecule has 2 aromatic rings. The fourth-order valence-corrected chi connectivity index (χ4v) is 3.73. The zero-order valence-electron chi connectivity index (χ0n) is 9.64. The number of hydrogen-bond acceptors (Lipinski definition) is 5. The van der Waals surface area contributed by atoms with E-state index < -0.39 is 10.0 Å². The lowest BCUT2D eigenvalue weighted by Crippen LogP contribution is -2.15. The van der Waals surface area contributed by atoms with E-state index in [4.69, 9.17) is 40.5 Å². The van der Waals surface area contributed by atoms with Crippen molar-refractivity contribution in [3.63, 3.8) is 0 Å². The van der Waals surface area contributed by atoms with Gasteiger partial charge in [-0.25, -0.2) is 8.42 Å². The highest BCUT2D eigenvalue weighted by molar-refractivity contribution is 7.93. The summed E-state index contributed by atoms with van der Waals surface area (Å²) in [5, 5.41) is 7.05. The van der Waals surface area contributed by atoms with Gasteiger partial charge >= 0.3 is 0 Å². The standard InChI is InChI=1S/C10H7Cl3N4O2S/c11-6-3-5(14)4-7(12)10(6)20(18,19)17-9-2-1-8(13)15-16-9/h1-4H,14H2,(H,16,17). The Balaban J connectivity index is 2.43. The van der Waals surface area contributed by atoms with Crippen LogP contribution >= 0.6 is 34.8 Å². The molecule has 0 radical (unpaired) electrons. The SMILES string of the molecule is Nc1cc(Cl)c(S(=O)(=O)Nc2ccc(Cl)nn2)c(Cl)c1. The average molecular weight is 354 g/mol. The summed E-state index contributed by atoms with van der Waals surface area (Å²) in [5.41, 5.74) is 5.77. The number of nitrogens with one attached hydrogen (secondary N) is 1. The van der Waals surface area contributed by atoms with Crippen molar-refractivity contribution in [3.05, 3.63) is 39.5 Å². The number of nitrogens with two attached hydrogens (primary N) is 1. The van der Waals surface area contributed by atoms with Crippen molar-refractivity contribution < 1.29 is 8.42 Å². The molecule has 0 saturated carbocycles. The summed E-state index contributed by atoms with van der Waals surface area (Å²) in [6.07, 6.45) is 0. The Morgan fingerprint density at radius 1 is 1.05 bits per heavy atom. The van der Waals surface area contributed by atoms with Crippen LogP contribution in [0.4, 0.5) is 11.5 Å². The van der Waals surface area contributed by atoms with Crippen molar-refractivity contribution in [2.45, 2.75) is 4.90 Å². The topological polar surface area (TPSA) is 98.0 Å². The Hall–Kier alpha value is -1.28. The van der Waals surface area contributed by atoms with Crippen LogP contribution in [0.2, 0.25) is 15.2 Å². The van der Waals surface area contributed by atoms with E-state index >= 15 is 0 Å². The molecule has 0 amide bonds. The zero-order valence-corrected chi connectivity index (χ0v) is 12.7. The number of nitrogens with zero attached hydrogens (tertiary/aromatic N) is 2. The van der Waals surface area contributed by atoms with E-state index in [-0.39, 0.29) is 31.6 Å². The number of rotatable bonds is 3. The summed E-state index contributed by atoms with van der Waals surface area (Å²) in [4.78, 5) is -0.285. The summed E-state index contributed by atoms with van der Waals surface area (Å²) in [5.74, 6) is -0.0154. The van der Waals surface area contributed by atoms with Gasteiger partial charge in [-0.05, 0) is 24.3 Å². The molecule has 0 aliphatic heterocycles. The van der Waals surface area contributed by atoms with Crippen molar-refractivity contribution >= 4 is 56.3 Å². The maximum atomic E-state index is 12.2. The maximum absolute atomic E-state index is 12.2. The van der Waals surface area contributed by atoms with Gasteiger partial charge in [-0.3, -0.25) is 4.72 Å².